The number of benzene rings is 1. The molecule has 1 heterocycles. The summed E-state index contributed by atoms with van der Waals surface area (Å²) in [4.78, 5) is 0. The van der Waals surface area contributed by atoms with Crippen LogP contribution in [0.15, 0.2) is 16.6 Å². The monoisotopic (exact) mass is 239 g/mol. The lowest BCUT2D eigenvalue weighted by molar-refractivity contribution is 0.782. The maximum atomic E-state index is 5.78. The molecule has 0 saturated heterocycles. The van der Waals surface area contributed by atoms with E-state index in [1.165, 1.54) is 0 Å². The van der Waals surface area contributed by atoms with E-state index in [2.05, 4.69) is 21.0 Å². The van der Waals surface area contributed by atoms with Gasteiger partial charge in [-0.2, -0.15) is 5.10 Å². The fourth-order valence-corrected chi connectivity index (χ4v) is 2.12. The Hall–Kier alpha value is -1.03. The molecule has 0 saturated carbocycles. The number of anilines is 1. The second-order valence-electron chi connectivity index (χ2n) is 3.07. The van der Waals surface area contributed by atoms with Crippen LogP contribution >= 0.6 is 15.9 Å². The highest BCUT2D eigenvalue weighted by Gasteiger charge is 2.09. The lowest BCUT2D eigenvalue weighted by Gasteiger charge is -2.00. The van der Waals surface area contributed by atoms with Gasteiger partial charge in [0.1, 0.15) is 0 Å². The highest BCUT2D eigenvalue weighted by molar-refractivity contribution is 9.10. The van der Waals surface area contributed by atoms with Crippen LogP contribution < -0.4 is 5.73 Å². The van der Waals surface area contributed by atoms with Gasteiger partial charge in [0.05, 0.1) is 15.7 Å². The Morgan fingerprint density at radius 2 is 2.15 bits per heavy atom. The largest absolute Gasteiger partial charge is 0.398 e. The van der Waals surface area contributed by atoms with Crippen LogP contribution in [0.3, 0.4) is 0 Å². The summed E-state index contributed by atoms with van der Waals surface area (Å²) in [6.07, 6.45) is 0. The molecule has 0 aliphatic rings. The molecule has 3 nitrogen and oxygen atoms in total. The van der Waals surface area contributed by atoms with E-state index in [1.807, 2.05) is 30.8 Å². The van der Waals surface area contributed by atoms with E-state index >= 15 is 0 Å². The van der Waals surface area contributed by atoms with Gasteiger partial charge in [-0.1, -0.05) is 0 Å². The number of aryl methyl sites for hydroxylation is 2. The molecule has 0 fully saturated rings. The van der Waals surface area contributed by atoms with Crippen molar-refractivity contribution in [1.82, 2.24) is 9.78 Å². The van der Waals surface area contributed by atoms with Gasteiger partial charge in [-0.15, -0.1) is 0 Å². The summed E-state index contributed by atoms with van der Waals surface area (Å²) in [6, 6.07) is 3.89. The molecule has 0 radical (unpaired) electrons. The number of nitrogen functional groups attached to an aromatic ring is 1. The van der Waals surface area contributed by atoms with Crippen LogP contribution in [0.1, 0.15) is 5.69 Å². The smallest absolute Gasteiger partial charge is 0.0844 e. The quantitative estimate of drug-likeness (QED) is 0.717. The highest BCUT2D eigenvalue weighted by atomic mass is 79.9. The molecule has 0 bridgehead atoms. The summed E-state index contributed by atoms with van der Waals surface area (Å²) in [5.41, 5.74) is 8.60. The molecular formula is C9H10BrN3. The van der Waals surface area contributed by atoms with Crippen molar-refractivity contribution >= 4 is 32.5 Å². The van der Waals surface area contributed by atoms with E-state index < -0.39 is 0 Å². The van der Waals surface area contributed by atoms with Crippen molar-refractivity contribution in [3.63, 3.8) is 0 Å². The van der Waals surface area contributed by atoms with Gasteiger partial charge in [0.15, 0.2) is 0 Å². The van der Waals surface area contributed by atoms with E-state index in [-0.39, 0.29) is 0 Å². The minimum Gasteiger partial charge on any atom is -0.398 e. The second kappa shape index (κ2) is 2.73. The van der Waals surface area contributed by atoms with Crippen molar-refractivity contribution in [2.24, 2.45) is 7.05 Å². The van der Waals surface area contributed by atoms with Crippen molar-refractivity contribution in [1.29, 1.82) is 0 Å². The molecule has 0 spiro atoms. The molecule has 0 aliphatic heterocycles. The predicted molar refractivity (Wildman–Crippen MR) is 57.6 cm³/mol. The molecule has 0 unspecified atom stereocenters. The Kier molecular flexibility index (Phi) is 1.80. The number of halogens is 1. The zero-order chi connectivity index (χ0) is 9.59. The normalized spacial score (nSPS) is 11.0. The number of hydrogen-bond donors (Lipinski definition) is 1. The van der Waals surface area contributed by atoms with Gasteiger partial charge in [0.2, 0.25) is 0 Å². The summed E-state index contributed by atoms with van der Waals surface area (Å²) in [7, 11) is 1.92. The third-order valence-electron chi connectivity index (χ3n) is 2.16. The Bertz CT molecular complexity index is 473. The third kappa shape index (κ3) is 1.13. The van der Waals surface area contributed by atoms with Gasteiger partial charge in [-0.05, 0) is 35.0 Å². The van der Waals surface area contributed by atoms with Crippen LogP contribution in [0.4, 0.5) is 5.69 Å². The van der Waals surface area contributed by atoms with E-state index in [0.29, 0.717) is 0 Å². The summed E-state index contributed by atoms with van der Waals surface area (Å²) in [6.45, 7) is 1.99. The van der Waals surface area contributed by atoms with Crippen LogP contribution in [-0.2, 0) is 7.05 Å². The lowest BCUT2D eigenvalue weighted by atomic mass is 10.2. The molecule has 68 valence electrons. The number of rotatable bonds is 0. The summed E-state index contributed by atoms with van der Waals surface area (Å²) >= 11 is 3.46. The van der Waals surface area contributed by atoms with Crippen LogP contribution in [0, 0.1) is 6.92 Å². The molecular weight excluding hydrogens is 230 g/mol. The molecule has 0 aliphatic carbocycles. The first-order valence-electron chi connectivity index (χ1n) is 3.98. The van der Waals surface area contributed by atoms with Crippen molar-refractivity contribution in [2.45, 2.75) is 6.92 Å². The molecule has 2 N–H and O–H groups in total. The third-order valence-corrected chi connectivity index (χ3v) is 2.99. The fraction of sp³-hybridized carbons (Fsp3) is 0.222. The van der Waals surface area contributed by atoms with Crippen molar-refractivity contribution in [3.8, 4) is 0 Å². The summed E-state index contributed by atoms with van der Waals surface area (Å²) in [5.74, 6) is 0. The molecule has 0 amide bonds. The van der Waals surface area contributed by atoms with Crippen molar-refractivity contribution in [2.75, 3.05) is 5.73 Å². The fourth-order valence-electron chi connectivity index (χ4n) is 1.52. The van der Waals surface area contributed by atoms with Crippen LogP contribution in [0.2, 0.25) is 0 Å². The number of nitrogens with two attached hydrogens (primary N) is 1. The predicted octanol–water partition coefficient (Wildman–Crippen LogP) is 2.23. The number of hydrogen-bond acceptors (Lipinski definition) is 2. The average Bonchev–Trinajstić information content (AvgIpc) is 2.35. The molecule has 1 aromatic heterocycles. The van der Waals surface area contributed by atoms with Crippen molar-refractivity contribution in [3.05, 3.63) is 22.3 Å². The zero-order valence-corrected chi connectivity index (χ0v) is 9.09. The van der Waals surface area contributed by atoms with Gasteiger partial charge in [-0.3, -0.25) is 4.68 Å². The van der Waals surface area contributed by atoms with E-state index in [9.17, 15) is 0 Å². The van der Waals surface area contributed by atoms with Gasteiger partial charge < -0.3 is 5.73 Å². The Morgan fingerprint density at radius 3 is 2.85 bits per heavy atom. The Morgan fingerprint density at radius 1 is 1.46 bits per heavy atom. The first-order chi connectivity index (χ1) is 6.11. The number of nitrogens with zero attached hydrogens (tertiary/aromatic N) is 2. The van der Waals surface area contributed by atoms with Crippen LogP contribution in [-0.4, -0.2) is 9.78 Å². The van der Waals surface area contributed by atoms with Crippen LogP contribution in [0.5, 0.6) is 0 Å². The average molecular weight is 240 g/mol. The molecule has 0 atom stereocenters. The van der Waals surface area contributed by atoms with Gasteiger partial charge in [0, 0.05) is 18.1 Å². The zero-order valence-electron chi connectivity index (χ0n) is 7.50. The van der Waals surface area contributed by atoms with E-state index in [1.54, 1.807) is 0 Å². The molecule has 1 aromatic carbocycles. The topological polar surface area (TPSA) is 43.8 Å². The summed E-state index contributed by atoms with van der Waals surface area (Å²) in [5, 5.41) is 5.47. The highest BCUT2D eigenvalue weighted by Crippen LogP contribution is 2.30. The minimum atomic E-state index is 0.746. The van der Waals surface area contributed by atoms with E-state index in [4.69, 9.17) is 5.73 Å². The maximum absolute atomic E-state index is 5.78. The summed E-state index contributed by atoms with van der Waals surface area (Å²) < 4.78 is 2.76. The first-order valence-corrected chi connectivity index (χ1v) is 4.78. The van der Waals surface area contributed by atoms with Gasteiger partial charge in [0.25, 0.3) is 0 Å². The van der Waals surface area contributed by atoms with Crippen LogP contribution in [0.25, 0.3) is 10.9 Å². The molecule has 4 heteroatoms. The first kappa shape index (κ1) is 8.56. The second-order valence-corrected chi connectivity index (χ2v) is 3.87. The van der Waals surface area contributed by atoms with E-state index in [0.717, 1.165) is 26.8 Å². The minimum absolute atomic E-state index is 0.746. The number of fused-ring (bicyclic) bond motifs is 1. The Balaban J connectivity index is 2.98. The lowest BCUT2D eigenvalue weighted by Crippen LogP contribution is -1.93. The maximum Gasteiger partial charge on any atom is 0.0844 e. The van der Waals surface area contributed by atoms with Gasteiger partial charge >= 0.3 is 0 Å². The van der Waals surface area contributed by atoms with Crippen molar-refractivity contribution < 1.29 is 0 Å². The molecule has 2 rings (SSSR count). The molecule has 13 heavy (non-hydrogen) atoms. The number of aromatic nitrogens is 2. The molecule has 2 aromatic rings. The standard InChI is InChI=1S/C9H10BrN3/c1-5-6-3-4-7(11)8(10)9(6)13(2)12-5/h3-4H,11H2,1-2H3. The Labute approximate surface area is 84.7 Å². The SMILES string of the molecule is Cc1nn(C)c2c(Br)c(N)ccc12. The van der Waals surface area contributed by atoms with Gasteiger partial charge in [-0.25, -0.2) is 0 Å².